The molecule has 1 N–H and O–H groups in total. The van der Waals surface area contributed by atoms with Crippen molar-refractivity contribution in [2.24, 2.45) is 5.16 Å². The molecule has 0 saturated heterocycles. The Morgan fingerprint density at radius 1 is 1.62 bits per heavy atom. The minimum atomic E-state index is -0.489. The maximum atomic E-state index is 11.5. The van der Waals surface area contributed by atoms with Crippen molar-refractivity contribution in [1.29, 1.82) is 0 Å². The van der Waals surface area contributed by atoms with Crippen LogP contribution in [0.15, 0.2) is 9.78 Å². The first-order chi connectivity index (χ1) is 7.76. The van der Waals surface area contributed by atoms with Crippen LogP contribution in [0.3, 0.4) is 0 Å². The van der Waals surface area contributed by atoms with Gasteiger partial charge in [-0.25, -0.2) is 9.42 Å². The third-order valence-electron chi connectivity index (χ3n) is 2.16. The first-order valence-corrected chi connectivity index (χ1v) is 4.70. The third-order valence-corrected chi connectivity index (χ3v) is 2.16. The van der Waals surface area contributed by atoms with Gasteiger partial charge in [0.2, 0.25) is 0 Å². The SMILES string of the molecule is CCOC(=O)N1C/C(=N\O)c2nonc2C1. The second-order valence-electron chi connectivity index (χ2n) is 3.16. The van der Waals surface area contributed by atoms with E-state index in [1.54, 1.807) is 6.92 Å². The number of hydrogen-bond acceptors (Lipinski definition) is 7. The zero-order chi connectivity index (χ0) is 11.5. The number of fused-ring (bicyclic) bond motifs is 1. The number of carbonyl (C=O) groups is 1. The van der Waals surface area contributed by atoms with Crippen LogP contribution in [-0.4, -0.2) is 45.4 Å². The van der Waals surface area contributed by atoms with Crippen molar-refractivity contribution in [2.45, 2.75) is 13.5 Å². The highest BCUT2D eigenvalue weighted by atomic mass is 16.6. The van der Waals surface area contributed by atoms with Crippen LogP contribution in [0.25, 0.3) is 0 Å². The molecule has 2 rings (SSSR count). The second-order valence-corrected chi connectivity index (χ2v) is 3.16. The lowest BCUT2D eigenvalue weighted by Gasteiger charge is -2.24. The summed E-state index contributed by atoms with van der Waals surface area (Å²) in [4.78, 5) is 12.8. The summed E-state index contributed by atoms with van der Waals surface area (Å²) >= 11 is 0. The van der Waals surface area contributed by atoms with Crippen molar-refractivity contribution >= 4 is 11.8 Å². The van der Waals surface area contributed by atoms with Gasteiger partial charge in [0, 0.05) is 0 Å². The van der Waals surface area contributed by atoms with Crippen LogP contribution >= 0.6 is 0 Å². The van der Waals surface area contributed by atoms with Gasteiger partial charge < -0.3 is 9.94 Å². The zero-order valence-electron chi connectivity index (χ0n) is 8.58. The van der Waals surface area contributed by atoms with E-state index in [4.69, 9.17) is 9.94 Å². The van der Waals surface area contributed by atoms with Gasteiger partial charge in [0.25, 0.3) is 0 Å². The van der Waals surface area contributed by atoms with Crippen LogP contribution in [0.1, 0.15) is 18.3 Å². The first kappa shape index (κ1) is 10.4. The molecule has 8 heteroatoms. The molecule has 1 amide bonds. The normalized spacial score (nSPS) is 17.3. The summed E-state index contributed by atoms with van der Waals surface area (Å²) in [5.74, 6) is 0. The predicted molar refractivity (Wildman–Crippen MR) is 50.1 cm³/mol. The lowest BCUT2D eigenvalue weighted by Crippen LogP contribution is -2.40. The molecule has 0 saturated carbocycles. The van der Waals surface area contributed by atoms with Crippen molar-refractivity contribution in [3.8, 4) is 0 Å². The van der Waals surface area contributed by atoms with Crippen molar-refractivity contribution in [2.75, 3.05) is 13.2 Å². The maximum absolute atomic E-state index is 11.5. The van der Waals surface area contributed by atoms with Crippen molar-refractivity contribution in [3.63, 3.8) is 0 Å². The largest absolute Gasteiger partial charge is 0.450 e. The molecule has 0 fully saturated rings. The topological polar surface area (TPSA) is 101 Å². The van der Waals surface area contributed by atoms with Crippen LogP contribution in [-0.2, 0) is 11.3 Å². The van der Waals surface area contributed by atoms with Gasteiger partial charge in [-0.1, -0.05) is 10.3 Å². The number of oxime groups is 1. The second kappa shape index (κ2) is 4.17. The van der Waals surface area contributed by atoms with Crippen LogP contribution < -0.4 is 0 Å². The van der Waals surface area contributed by atoms with Gasteiger partial charge in [-0.3, -0.25) is 4.90 Å². The van der Waals surface area contributed by atoms with Gasteiger partial charge >= 0.3 is 6.09 Å². The molecule has 2 heterocycles. The fraction of sp³-hybridized carbons (Fsp3) is 0.500. The van der Waals surface area contributed by atoms with Gasteiger partial charge in [0.15, 0.2) is 5.69 Å². The quantitative estimate of drug-likeness (QED) is 0.543. The maximum Gasteiger partial charge on any atom is 0.410 e. The standard InChI is InChI=1S/C8H10N4O4/c1-2-15-8(13)12-3-5(9-14)7-6(4-12)10-16-11-7/h14H,2-4H2,1H3/b9-5+. The fourth-order valence-electron chi connectivity index (χ4n) is 1.44. The van der Waals surface area contributed by atoms with Crippen LogP contribution in [0.5, 0.6) is 0 Å². The molecule has 0 spiro atoms. The summed E-state index contributed by atoms with van der Waals surface area (Å²) in [7, 11) is 0. The number of hydrogen-bond donors (Lipinski definition) is 1. The highest BCUT2D eigenvalue weighted by molar-refractivity contribution is 6.02. The summed E-state index contributed by atoms with van der Waals surface area (Å²) in [5, 5.41) is 19.1. The third kappa shape index (κ3) is 1.69. The monoisotopic (exact) mass is 226 g/mol. The van der Waals surface area contributed by atoms with E-state index in [9.17, 15) is 4.79 Å². The number of amides is 1. The molecule has 8 nitrogen and oxygen atoms in total. The molecule has 1 aromatic heterocycles. The van der Waals surface area contributed by atoms with Gasteiger partial charge in [-0.05, 0) is 12.1 Å². The Bertz CT molecular complexity index is 427. The van der Waals surface area contributed by atoms with Gasteiger partial charge in [0.1, 0.15) is 11.4 Å². The van der Waals surface area contributed by atoms with E-state index in [1.165, 1.54) is 4.90 Å². The van der Waals surface area contributed by atoms with E-state index >= 15 is 0 Å². The molecule has 0 radical (unpaired) electrons. The Morgan fingerprint density at radius 2 is 2.44 bits per heavy atom. The Morgan fingerprint density at radius 3 is 3.12 bits per heavy atom. The van der Waals surface area contributed by atoms with E-state index in [2.05, 4.69) is 20.1 Å². The molecule has 1 aliphatic rings. The smallest absolute Gasteiger partial charge is 0.410 e. The minimum Gasteiger partial charge on any atom is -0.450 e. The molecule has 86 valence electrons. The average molecular weight is 226 g/mol. The highest BCUT2D eigenvalue weighted by Gasteiger charge is 2.30. The molecule has 16 heavy (non-hydrogen) atoms. The number of rotatable bonds is 1. The van der Waals surface area contributed by atoms with Crippen LogP contribution in [0.2, 0.25) is 0 Å². The summed E-state index contributed by atoms with van der Waals surface area (Å²) in [6.07, 6.45) is -0.489. The number of aromatic nitrogens is 2. The van der Waals surface area contributed by atoms with Gasteiger partial charge in [0.05, 0.1) is 19.7 Å². The molecule has 0 unspecified atom stereocenters. The summed E-state index contributed by atoms with van der Waals surface area (Å²) < 4.78 is 9.35. The summed E-state index contributed by atoms with van der Waals surface area (Å²) in [6, 6.07) is 0. The van der Waals surface area contributed by atoms with Crippen LogP contribution in [0, 0.1) is 0 Å². The predicted octanol–water partition coefficient (Wildman–Crippen LogP) is 0.220. The van der Waals surface area contributed by atoms with Gasteiger partial charge in [-0.15, -0.1) is 0 Å². The van der Waals surface area contributed by atoms with Gasteiger partial charge in [-0.2, -0.15) is 0 Å². The number of carbonyl (C=O) groups excluding carboxylic acids is 1. The molecule has 0 aromatic carbocycles. The minimum absolute atomic E-state index is 0.122. The molecular weight excluding hydrogens is 216 g/mol. The number of nitrogens with zero attached hydrogens (tertiary/aromatic N) is 4. The molecule has 0 atom stereocenters. The van der Waals surface area contributed by atoms with E-state index < -0.39 is 6.09 Å². The first-order valence-electron chi connectivity index (χ1n) is 4.70. The van der Waals surface area contributed by atoms with Crippen molar-refractivity contribution < 1.29 is 19.4 Å². The Balaban J connectivity index is 2.22. The van der Waals surface area contributed by atoms with E-state index in [0.29, 0.717) is 11.4 Å². The Kier molecular flexibility index (Phi) is 2.71. The lowest BCUT2D eigenvalue weighted by molar-refractivity contribution is 0.108. The van der Waals surface area contributed by atoms with Crippen molar-refractivity contribution in [3.05, 3.63) is 11.4 Å². The van der Waals surface area contributed by atoms with E-state index in [0.717, 1.165) is 0 Å². The van der Waals surface area contributed by atoms with E-state index in [1.807, 2.05) is 0 Å². The van der Waals surface area contributed by atoms with Crippen molar-refractivity contribution in [1.82, 2.24) is 15.2 Å². The fourth-order valence-corrected chi connectivity index (χ4v) is 1.44. The average Bonchev–Trinajstić information content (AvgIpc) is 2.75. The molecule has 0 aliphatic carbocycles. The molecule has 0 bridgehead atoms. The van der Waals surface area contributed by atoms with E-state index in [-0.39, 0.29) is 25.4 Å². The highest BCUT2D eigenvalue weighted by Crippen LogP contribution is 2.16. The number of ether oxygens (including phenoxy) is 1. The lowest BCUT2D eigenvalue weighted by atomic mass is 10.1. The Hall–Kier alpha value is -2.12. The molecular formula is C8H10N4O4. The summed E-state index contributed by atoms with van der Waals surface area (Å²) in [6.45, 7) is 2.35. The van der Waals surface area contributed by atoms with Crippen LogP contribution in [0.4, 0.5) is 4.79 Å². The zero-order valence-corrected chi connectivity index (χ0v) is 8.58. The Labute approximate surface area is 90.4 Å². The summed E-state index contributed by atoms with van der Waals surface area (Å²) in [5.41, 5.74) is 1.06. The molecule has 1 aromatic rings. The molecule has 1 aliphatic heterocycles.